The molecule has 6 N–H and O–H groups in total. The number of amides is 4. The first-order chi connectivity index (χ1) is 10.8. The fourth-order valence-corrected chi connectivity index (χ4v) is 2.66. The standard InChI is InChI=1S/C13H10F2N4O3S/c14-7-3-1-2-5(9(7)15)11(21)18-8-4-6(10(16)20)12(23-8)19-13(17)22/h1-4H,(H2,16,20)(H,18,21)(H3,17,19,22). The number of halogens is 2. The van der Waals surface area contributed by atoms with Crippen LogP contribution in [0, 0.1) is 11.6 Å². The molecule has 120 valence electrons. The number of nitrogens with one attached hydrogen (secondary N) is 2. The maximum atomic E-state index is 13.6. The van der Waals surface area contributed by atoms with Crippen LogP contribution < -0.4 is 22.1 Å². The Labute approximate surface area is 132 Å². The number of thiophene rings is 1. The molecule has 0 bridgehead atoms. The van der Waals surface area contributed by atoms with Gasteiger partial charge in [-0.1, -0.05) is 17.4 Å². The minimum absolute atomic E-state index is 0.0278. The number of carbonyl (C=O) groups is 3. The predicted octanol–water partition coefficient (Wildman–Crippen LogP) is 1.87. The summed E-state index contributed by atoms with van der Waals surface area (Å²) in [5.74, 6) is -4.25. The Bertz CT molecular complexity index is 807. The van der Waals surface area contributed by atoms with Crippen molar-refractivity contribution in [3.8, 4) is 0 Å². The topological polar surface area (TPSA) is 127 Å². The van der Waals surface area contributed by atoms with E-state index < -0.39 is 35.0 Å². The summed E-state index contributed by atoms with van der Waals surface area (Å²) in [4.78, 5) is 34.1. The SMILES string of the molecule is NC(=O)Nc1sc(NC(=O)c2cccc(F)c2F)cc1C(N)=O. The Morgan fingerprint density at radius 3 is 2.35 bits per heavy atom. The van der Waals surface area contributed by atoms with Gasteiger partial charge in [0.1, 0.15) is 5.00 Å². The summed E-state index contributed by atoms with van der Waals surface area (Å²) in [7, 11) is 0. The molecule has 7 nitrogen and oxygen atoms in total. The van der Waals surface area contributed by atoms with Crippen LogP contribution in [0.1, 0.15) is 20.7 Å². The van der Waals surface area contributed by atoms with Crippen LogP contribution in [0.4, 0.5) is 23.6 Å². The molecule has 0 saturated carbocycles. The highest BCUT2D eigenvalue weighted by molar-refractivity contribution is 7.20. The van der Waals surface area contributed by atoms with Crippen LogP contribution in [-0.4, -0.2) is 17.8 Å². The molecule has 0 radical (unpaired) electrons. The molecule has 2 rings (SSSR count). The molecular formula is C13H10F2N4O3S. The maximum absolute atomic E-state index is 13.6. The van der Waals surface area contributed by atoms with E-state index in [2.05, 4.69) is 10.6 Å². The summed E-state index contributed by atoms with van der Waals surface area (Å²) in [6, 6.07) is 3.41. The van der Waals surface area contributed by atoms with E-state index in [4.69, 9.17) is 11.5 Å². The second-order valence-electron chi connectivity index (χ2n) is 4.26. The highest BCUT2D eigenvalue weighted by Gasteiger charge is 2.19. The van der Waals surface area contributed by atoms with Crippen LogP contribution in [0.5, 0.6) is 0 Å². The van der Waals surface area contributed by atoms with Gasteiger partial charge in [-0.05, 0) is 18.2 Å². The maximum Gasteiger partial charge on any atom is 0.317 e. The van der Waals surface area contributed by atoms with Crippen molar-refractivity contribution in [2.45, 2.75) is 0 Å². The van der Waals surface area contributed by atoms with Crippen molar-refractivity contribution in [2.75, 3.05) is 10.6 Å². The van der Waals surface area contributed by atoms with Crippen molar-refractivity contribution in [1.29, 1.82) is 0 Å². The lowest BCUT2D eigenvalue weighted by atomic mass is 10.2. The molecule has 0 unspecified atom stereocenters. The van der Waals surface area contributed by atoms with Gasteiger partial charge >= 0.3 is 6.03 Å². The monoisotopic (exact) mass is 340 g/mol. The van der Waals surface area contributed by atoms with Crippen molar-refractivity contribution in [1.82, 2.24) is 0 Å². The second-order valence-corrected chi connectivity index (χ2v) is 5.31. The summed E-state index contributed by atoms with van der Waals surface area (Å²) in [5.41, 5.74) is 9.51. The predicted molar refractivity (Wildman–Crippen MR) is 80.4 cm³/mol. The number of benzene rings is 1. The van der Waals surface area contributed by atoms with Crippen LogP contribution >= 0.6 is 11.3 Å². The average molecular weight is 340 g/mol. The smallest absolute Gasteiger partial charge is 0.317 e. The van der Waals surface area contributed by atoms with Crippen LogP contribution in [0.15, 0.2) is 24.3 Å². The molecule has 0 aliphatic carbocycles. The highest BCUT2D eigenvalue weighted by atomic mass is 32.1. The first-order valence-corrected chi connectivity index (χ1v) is 6.86. The van der Waals surface area contributed by atoms with E-state index in [9.17, 15) is 23.2 Å². The van der Waals surface area contributed by atoms with Crippen molar-refractivity contribution < 1.29 is 23.2 Å². The van der Waals surface area contributed by atoms with E-state index in [0.717, 1.165) is 23.5 Å². The van der Waals surface area contributed by atoms with Crippen LogP contribution in [-0.2, 0) is 0 Å². The van der Waals surface area contributed by atoms with Gasteiger partial charge in [-0.15, -0.1) is 0 Å². The highest BCUT2D eigenvalue weighted by Crippen LogP contribution is 2.32. The Balaban J connectivity index is 2.29. The summed E-state index contributed by atoms with van der Waals surface area (Å²) >= 11 is 0.788. The number of rotatable bonds is 4. The first kappa shape index (κ1) is 16.4. The lowest BCUT2D eigenvalue weighted by molar-refractivity contribution is 0.0996. The van der Waals surface area contributed by atoms with E-state index >= 15 is 0 Å². The van der Waals surface area contributed by atoms with Gasteiger partial charge in [-0.2, -0.15) is 0 Å². The van der Waals surface area contributed by atoms with Gasteiger partial charge < -0.3 is 16.8 Å². The summed E-state index contributed by atoms with van der Waals surface area (Å²) in [5, 5.41) is 4.59. The fourth-order valence-electron chi connectivity index (χ4n) is 1.70. The Morgan fingerprint density at radius 1 is 1.04 bits per heavy atom. The zero-order valence-corrected chi connectivity index (χ0v) is 12.2. The molecule has 1 aromatic carbocycles. The number of hydrogen-bond acceptors (Lipinski definition) is 4. The fraction of sp³-hybridized carbons (Fsp3) is 0. The Hall–Kier alpha value is -3.01. The normalized spacial score (nSPS) is 10.2. The van der Waals surface area contributed by atoms with Crippen molar-refractivity contribution in [2.24, 2.45) is 11.5 Å². The third-order valence-corrected chi connectivity index (χ3v) is 3.63. The molecule has 4 amide bonds. The number of anilines is 2. The number of hydrogen-bond donors (Lipinski definition) is 4. The van der Waals surface area contributed by atoms with Crippen molar-refractivity contribution in [3.05, 3.63) is 47.0 Å². The zero-order valence-electron chi connectivity index (χ0n) is 11.4. The van der Waals surface area contributed by atoms with Crippen LogP contribution in [0.3, 0.4) is 0 Å². The van der Waals surface area contributed by atoms with Crippen molar-refractivity contribution in [3.63, 3.8) is 0 Å². The molecule has 23 heavy (non-hydrogen) atoms. The molecule has 0 atom stereocenters. The number of urea groups is 1. The van der Waals surface area contributed by atoms with E-state index in [1.165, 1.54) is 12.1 Å². The molecule has 0 aliphatic rings. The van der Waals surface area contributed by atoms with Gasteiger partial charge in [0.2, 0.25) is 0 Å². The molecule has 10 heteroatoms. The summed E-state index contributed by atoms with van der Waals surface area (Å²) < 4.78 is 26.7. The average Bonchev–Trinajstić information content (AvgIpc) is 2.83. The molecule has 2 aromatic rings. The zero-order chi connectivity index (χ0) is 17.1. The number of nitrogens with two attached hydrogens (primary N) is 2. The van der Waals surface area contributed by atoms with Crippen molar-refractivity contribution >= 4 is 39.2 Å². The quantitative estimate of drug-likeness (QED) is 0.678. The van der Waals surface area contributed by atoms with E-state index in [1.807, 2.05) is 0 Å². The molecule has 1 aromatic heterocycles. The van der Waals surface area contributed by atoms with E-state index in [-0.39, 0.29) is 15.6 Å². The molecular weight excluding hydrogens is 330 g/mol. The molecule has 0 spiro atoms. The third kappa shape index (κ3) is 3.61. The Morgan fingerprint density at radius 2 is 1.74 bits per heavy atom. The molecule has 1 heterocycles. The number of carbonyl (C=O) groups excluding carboxylic acids is 3. The van der Waals surface area contributed by atoms with Crippen LogP contribution in [0.2, 0.25) is 0 Å². The third-order valence-electron chi connectivity index (χ3n) is 2.67. The Kier molecular flexibility index (Phi) is 4.55. The van der Waals surface area contributed by atoms with Crippen LogP contribution in [0.25, 0.3) is 0 Å². The molecule has 0 saturated heterocycles. The van der Waals surface area contributed by atoms with Gasteiger partial charge in [-0.3, -0.25) is 14.9 Å². The summed E-state index contributed by atoms with van der Waals surface area (Å²) in [6.07, 6.45) is 0. The minimum atomic E-state index is -1.30. The van der Waals surface area contributed by atoms with Gasteiger partial charge in [0.25, 0.3) is 11.8 Å². The summed E-state index contributed by atoms with van der Waals surface area (Å²) in [6.45, 7) is 0. The number of primary amides is 2. The molecule has 0 fully saturated rings. The minimum Gasteiger partial charge on any atom is -0.366 e. The lowest BCUT2D eigenvalue weighted by Gasteiger charge is -2.04. The van der Waals surface area contributed by atoms with Gasteiger partial charge in [-0.25, -0.2) is 13.6 Å². The largest absolute Gasteiger partial charge is 0.366 e. The van der Waals surface area contributed by atoms with Gasteiger partial charge in [0.05, 0.1) is 16.1 Å². The van der Waals surface area contributed by atoms with Gasteiger partial charge in [0, 0.05) is 0 Å². The first-order valence-electron chi connectivity index (χ1n) is 6.05. The molecule has 0 aliphatic heterocycles. The van der Waals surface area contributed by atoms with E-state index in [1.54, 1.807) is 0 Å². The van der Waals surface area contributed by atoms with Gasteiger partial charge in [0.15, 0.2) is 11.6 Å². The second kappa shape index (κ2) is 6.40. The lowest BCUT2D eigenvalue weighted by Crippen LogP contribution is -2.21. The van der Waals surface area contributed by atoms with E-state index in [0.29, 0.717) is 0 Å².